The lowest BCUT2D eigenvalue weighted by atomic mass is 10.1. The molecule has 3 nitrogen and oxygen atoms in total. The van der Waals surface area contributed by atoms with E-state index in [1.165, 1.54) is 0 Å². The third-order valence-electron chi connectivity index (χ3n) is 2.84. The molecule has 0 saturated heterocycles. The van der Waals surface area contributed by atoms with Crippen molar-refractivity contribution in [1.29, 1.82) is 0 Å². The minimum Gasteiger partial charge on any atom is -0.464 e. The van der Waals surface area contributed by atoms with Crippen molar-refractivity contribution in [2.75, 3.05) is 0 Å². The molecule has 0 unspecified atom stereocenters. The van der Waals surface area contributed by atoms with Gasteiger partial charge in [-0.1, -0.05) is 12.1 Å². The van der Waals surface area contributed by atoms with Crippen molar-refractivity contribution < 1.29 is 9.21 Å². The maximum atomic E-state index is 11.9. The predicted octanol–water partition coefficient (Wildman–Crippen LogP) is 2.84. The number of carbonyl (C=O) groups excluding carboxylic acids is 1. The van der Waals surface area contributed by atoms with Gasteiger partial charge in [0, 0.05) is 17.2 Å². The zero-order valence-electron chi connectivity index (χ0n) is 9.35. The Balaban J connectivity index is 1.85. The smallest absolute Gasteiger partial charge is 0.251 e. The van der Waals surface area contributed by atoms with Crippen molar-refractivity contribution in [3.05, 3.63) is 48.2 Å². The number of hydrogen-bond donors (Lipinski definition) is 1. The molecule has 1 N–H and O–H groups in total. The molecular formula is C14H13NO2. The molecule has 1 aromatic carbocycles. The van der Waals surface area contributed by atoms with Gasteiger partial charge < -0.3 is 9.73 Å². The van der Waals surface area contributed by atoms with Crippen LogP contribution in [0.5, 0.6) is 0 Å². The number of furan rings is 1. The van der Waals surface area contributed by atoms with Crippen molar-refractivity contribution in [2.24, 2.45) is 0 Å². The molecule has 0 atom stereocenters. The highest BCUT2D eigenvalue weighted by molar-refractivity contribution is 5.95. The molecule has 0 aliphatic heterocycles. The fraction of sp³-hybridized carbons (Fsp3) is 0.214. The minimum atomic E-state index is 0.000839. The van der Waals surface area contributed by atoms with Gasteiger partial charge >= 0.3 is 0 Å². The maximum Gasteiger partial charge on any atom is 0.251 e. The second-order valence-corrected chi connectivity index (χ2v) is 4.31. The van der Waals surface area contributed by atoms with Crippen molar-refractivity contribution >= 4 is 5.91 Å². The Hall–Kier alpha value is -2.03. The van der Waals surface area contributed by atoms with Gasteiger partial charge in [0.25, 0.3) is 5.91 Å². The third-order valence-corrected chi connectivity index (χ3v) is 2.84. The van der Waals surface area contributed by atoms with Gasteiger partial charge in [0.05, 0.1) is 6.26 Å². The molecule has 1 heterocycles. The van der Waals surface area contributed by atoms with Crippen LogP contribution in [0, 0.1) is 0 Å². The van der Waals surface area contributed by atoms with E-state index < -0.39 is 0 Å². The van der Waals surface area contributed by atoms with Crippen molar-refractivity contribution in [1.82, 2.24) is 5.32 Å². The van der Waals surface area contributed by atoms with E-state index in [4.69, 9.17) is 4.42 Å². The fourth-order valence-electron chi connectivity index (χ4n) is 1.75. The number of amides is 1. The Kier molecular flexibility index (Phi) is 2.44. The summed E-state index contributed by atoms with van der Waals surface area (Å²) >= 11 is 0. The minimum absolute atomic E-state index is 0.000839. The summed E-state index contributed by atoms with van der Waals surface area (Å²) in [6.45, 7) is 0. The van der Waals surface area contributed by atoms with E-state index in [2.05, 4.69) is 5.32 Å². The van der Waals surface area contributed by atoms with E-state index in [1.807, 2.05) is 36.4 Å². The van der Waals surface area contributed by atoms with Crippen LogP contribution in [0.15, 0.2) is 47.1 Å². The average Bonchev–Trinajstić information content (AvgIpc) is 3.00. The van der Waals surface area contributed by atoms with E-state index in [9.17, 15) is 4.79 Å². The first kappa shape index (κ1) is 10.1. The molecule has 1 aliphatic carbocycles. The van der Waals surface area contributed by atoms with Crippen molar-refractivity contribution in [3.8, 4) is 11.3 Å². The van der Waals surface area contributed by atoms with Gasteiger partial charge in [0.15, 0.2) is 0 Å². The SMILES string of the molecule is O=C(NC1CC1)c1cccc(-c2ccco2)c1. The topological polar surface area (TPSA) is 42.2 Å². The van der Waals surface area contributed by atoms with E-state index in [0.29, 0.717) is 11.6 Å². The summed E-state index contributed by atoms with van der Waals surface area (Å²) in [7, 11) is 0. The summed E-state index contributed by atoms with van der Waals surface area (Å²) in [5.41, 5.74) is 1.62. The van der Waals surface area contributed by atoms with E-state index >= 15 is 0 Å². The first-order valence-corrected chi connectivity index (χ1v) is 5.78. The Bertz CT molecular complexity index is 527. The molecule has 1 saturated carbocycles. The summed E-state index contributed by atoms with van der Waals surface area (Å²) in [6, 6.07) is 11.6. The fourth-order valence-corrected chi connectivity index (χ4v) is 1.75. The molecule has 17 heavy (non-hydrogen) atoms. The Labute approximate surface area is 99.4 Å². The first-order chi connectivity index (χ1) is 8.33. The van der Waals surface area contributed by atoms with Crippen LogP contribution >= 0.6 is 0 Å². The number of rotatable bonds is 3. The van der Waals surface area contributed by atoms with Crippen LogP contribution in [0.25, 0.3) is 11.3 Å². The van der Waals surface area contributed by atoms with Crippen molar-refractivity contribution in [3.63, 3.8) is 0 Å². The highest BCUT2D eigenvalue weighted by atomic mass is 16.3. The molecule has 1 aliphatic rings. The number of carbonyl (C=O) groups is 1. The van der Waals surface area contributed by atoms with Crippen LogP contribution < -0.4 is 5.32 Å². The molecule has 0 bridgehead atoms. The third kappa shape index (κ3) is 2.23. The molecule has 3 heteroatoms. The number of benzene rings is 1. The average molecular weight is 227 g/mol. The van der Waals surface area contributed by atoms with Crippen LogP contribution in [0.3, 0.4) is 0 Å². The predicted molar refractivity (Wildman–Crippen MR) is 64.6 cm³/mol. The zero-order valence-corrected chi connectivity index (χ0v) is 9.35. The van der Waals surface area contributed by atoms with Crippen LogP contribution in [0.1, 0.15) is 23.2 Å². The lowest BCUT2D eigenvalue weighted by Gasteiger charge is -2.04. The van der Waals surface area contributed by atoms with Gasteiger partial charge in [0.2, 0.25) is 0 Å². The highest BCUT2D eigenvalue weighted by Crippen LogP contribution is 2.22. The summed E-state index contributed by atoms with van der Waals surface area (Å²) in [5, 5.41) is 2.97. The Morgan fingerprint density at radius 3 is 2.82 bits per heavy atom. The quantitative estimate of drug-likeness (QED) is 0.876. The molecule has 86 valence electrons. The normalized spacial score (nSPS) is 14.6. The number of hydrogen-bond acceptors (Lipinski definition) is 2. The van der Waals surface area contributed by atoms with Crippen LogP contribution in [-0.2, 0) is 0 Å². The molecule has 0 radical (unpaired) electrons. The monoisotopic (exact) mass is 227 g/mol. The number of nitrogens with one attached hydrogen (secondary N) is 1. The Morgan fingerprint density at radius 1 is 1.24 bits per heavy atom. The summed E-state index contributed by atoms with van der Waals surface area (Å²) in [4.78, 5) is 11.9. The largest absolute Gasteiger partial charge is 0.464 e. The molecule has 0 spiro atoms. The van der Waals surface area contributed by atoms with Gasteiger partial charge in [-0.25, -0.2) is 0 Å². The van der Waals surface area contributed by atoms with Crippen LogP contribution in [-0.4, -0.2) is 11.9 Å². The molecule has 1 amide bonds. The van der Waals surface area contributed by atoms with Gasteiger partial charge in [-0.2, -0.15) is 0 Å². The van der Waals surface area contributed by atoms with Crippen molar-refractivity contribution in [2.45, 2.75) is 18.9 Å². The second kappa shape index (κ2) is 4.09. The van der Waals surface area contributed by atoms with Crippen LogP contribution in [0.2, 0.25) is 0 Å². The summed E-state index contributed by atoms with van der Waals surface area (Å²) in [6.07, 6.45) is 3.83. The van der Waals surface area contributed by atoms with Gasteiger partial charge in [-0.15, -0.1) is 0 Å². The molecular weight excluding hydrogens is 214 g/mol. The summed E-state index contributed by atoms with van der Waals surface area (Å²) < 4.78 is 5.32. The zero-order chi connectivity index (χ0) is 11.7. The standard InChI is InChI=1S/C14H13NO2/c16-14(15-12-6-7-12)11-4-1-3-10(9-11)13-5-2-8-17-13/h1-5,8-9,12H,6-7H2,(H,15,16). The lowest BCUT2D eigenvalue weighted by molar-refractivity contribution is 0.0951. The van der Waals surface area contributed by atoms with E-state index in [1.54, 1.807) is 6.26 Å². The van der Waals surface area contributed by atoms with E-state index in [-0.39, 0.29) is 5.91 Å². The molecule has 1 fully saturated rings. The van der Waals surface area contributed by atoms with Gasteiger partial charge in [-0.05, 0) is 37.1 Å². The van der Waals surface area contributed by atoms with Crippen LogP contribution in [0.4, 0.5) is 0 Å². The highest BCUT2D eigenvalue weighted by Gasteiger charge is 2.23. The first-order valence-electron chi connectivity index (χ1n) is 5.78. The Morgan fingerprint density at radius 2 is 2.12 bits per heavy atom. The lowest BCUT2D eigenvalue weighted by Crippen LogP contribution is -2.25. The van der Waals surface area contributed by atoms with Gasteiger partial charge in [0.1, 0.15) is 5.76 Å². The second-order valence-electron chi connectivity index (χ2n) is 4.31. The maximum absolute atomic E-state index is 11.9. The molecule has 3 rings (SSSR count). The summed E-state index contributed by atoms with van der Waals surface area (Å²) in [5.74, 6) is 0.784. The van der Waals surface area contributed by atoms with Gasteiger partial charge in [-0.3, -0.25) is 4.79 Å². The van der Waals surface area contributed by atoms with E-state index in [0.717, 1.165) is 24.2 Å². The molecule has 1 aromatic heterocycles. The molecule has 2 aromatic rings.